The summed E-state index contributed by atoms with van der Waals surface area (Å²) in [4.78, 5) is 36.7. The molecule has 1 aromatic rings. The number of carbonyl (C=O) groups is 1. The third-order valence-corrected chi connectivity index (χ3v) is 3.41. The van der Waals surface area contributed by atoms with Crippen LogP contribution in [0.5, 0.6) is 0 Å². The molecule has 1 aliphatic rings. The van der Waals surface area contributed by atoms with E-state index >= 15 is 0 Å². The van der Waals surface area contributed by atoms with E-state index in [0.29, 0.717) is 0 Å². The molecule has 0 aromatic carbocycles. The summed E-state index contributed by atoms with van der Waals surface area (Å²) >= 11 is 0. The summed E-state index contributed by atoms with van der Waals surface area (Å²) in [5.74, 6) is -0.512. The molecule has 9 heteroatoms. The van der Waals surface area contributed by atoms with Crippen LogP contribution in [0.2, 0.25) is 0 Å². The average molecular weight is 314 g/mol. The summed E-state index contributed by atoms with van der Waals surface area (Å²) in [5, 5.41) is 18.2. The first-order valence-electron chi connectivity index (χ1n) is 6.85. The normalized spacial score (nSPS) is 24.4. The zero-order chi connectivity index (χ0) is 16.3. The molecular weight excluding hydrogens is 296 g/mol. The SMILES string of the molecule is CC(=O)O[C@H]1C[C@H](n2cc(CCO)c(=O)[nH]c2=O)O[C@@H]1CO. The van der Waals surface area contributed by atoms with Crippen molar-refractivity contribution >= 4 is 5.97 Å². The van der Waals surface area contributed by atoms with Crippen LogP contribution in [0.15, 0.2) is 15.8 Å². The van der Waals surface area contributed by atoms with Crippen molar-refractivity contribution in [2.75, 3.05) is 13.2 Å². The Kier molecular flexibility index (Phi) is 5.11. The van der Waals surface area contributed by atoms with Crippen LogP contribution in [0, 0.1) is 0 Å². The summed E-state index contributed by atoms with van der Waals surface area (Å²) in [7, 11) is 0. The van der Waals surface area contributed by atoms with Gasteiger partial charge < -0.3 is 19.7 Å². The van der Waals surface area contributed by atoms with E-state index in [2.05, 4.69) is 4.98 Å². The monoisotopic (exact) mass is 314 g/mol. The van der Waals surface area contributed by atoms with Gasteiger partial charge in [-0.25, -0.2) is 4.79 Å². The van der Waals surface area contributed by atoms with Crippen molar-refractivity contribution in [3.8, 4) is 0 Å². The van der Waals surface area contributed by atoms with Crippen LogP contribution in [0.1, 0.15) is 25.1 Å². The molecule has 0 amide bonds. The minimum Gasteiger partial charge on any atom is -0.460 e. The van der Waals surface area contributed by atoms with E-state index in [1.165, 1.54) is 17.7 Å². The fraction of sp³-hybridized carbons (Fsp3) is 0.615. The Balaban J connectivity index is 2.28. The molecule has 1 aliphatic heterocycles. The van der Waals surface area contributed by atoms with Gasteiger partial charge in [-0.2, -0.15) is 0 Å². The van der Waals surface area contributed by atoms with Crippen LogP contribution in [-0.4, -0.2) is 51.2 Å². The molecular formula is C13H18N2O7. The standard InChI is InChI=1S/C13H18N2O7/c1-7(18)21-9-4-11(22-10(9)6-17)15-5-8(2-3-16)12(19)14-13(15)20/h5,9-11,16-17H,2-4,6H2,1H3,(H,14,19,20)/t9-,10+,11+/m0/s1. The van der Waals surface area contributed by atoms with Gasteiger partial charge in [-0.3, -0.25) is 19.1 Å². The first-order chi connectivity index (χ1) is 10.5. The lowest BCUT2D eigenvalue weighted by molar-refractivity contribution is -0.150. The Bertz CT molecular complexity index is 651. The van der Waals surface area contributed by atoms with Gasteiger partial charge in [0.25, 0.3) is 5.56 Å². The van der Waals surface area contributed by atoms with E-state index in [0.717, 1.165) is 0 Å². The third kappa shape index (κ3) is 3.43. The first kappa shape index (κ1) is 16.4. The van der Waals surface area contributed by atoms with Gasteiger partial charge in [0.1, 0.15) is 18.4 Å². The van der Waals surface area contributed by atoms with Crippen molar-refractivity contribution in [3.05, 3.63) is 32.6 Å². The molecule has 0 spiro atoms. The van der Waals surface area contributed by atoms with Crippen molar-refractivity contribution in [2.24, 2.45) is 0 Å². The van der Waals surface area contributed by atoms with Crippen molar-refractivity contribution < 1.29 is 24.5 Å². The fourth-order valence-electron chi connectivity index (χ4n) is 2.41. The van der Waals surface area contributed by atoms with Crippen molar-refractivity contribution in [1.29, 1.82) is 0 Å². The number of hydrogen-bond acceptors (Lipinski definition) is 7. The molecule has 9 nitrogen and oxygen atoms in total. The van der Waals surface area contributed by atoms with Crippen molar-refractivity contribution in [2.45, 2.75) is 38.2 Å². The van der Waals surface area contributed by atoms with Gasteiger partial charge in [-0.15, -0.1) is 0 Å². The number of H-pyrrole nitrogens is 1. The van der Waals surface area contributed by atoms with Crippen LogP contribution in [-0.2, 0) is 20.7 Å². The number of rotatable bonds is 5. The quantitative estimate of drug-likeness (QED) is 0.551. The largest absolute Gasteiger partial charge is 0.460 e. The Morgan fingerprint density at radius 2 is 2.23 bits per heavy atom. The molecule has 2 rings (SSSR count). The van der Waals surface area contributed by atoms with Gasteiger partial charge in [-0.1, -0.05) is 0 Å². The predicted molar refractivity (Wildman–Crippen MR) is 73.3 cm³/mol. The number of aliphatic hydroxyl groups excluding tert-OH is 2. The minimum absolute atomic E-state index is 0.0964. The Morgan fingerprint density at radius 3 is 2.82 bits per heavy atom. The molecule has 0 bridgehead atoms. The van der Waals surface area contributed by atoms with E-state index in [4.69, 9.17) is 14.6 Å². The average Bonchev–Trinajstić information content (AvgIpc) is 2.83. The second-order valence-corrected chi connectivity index (χ2v) is 4.99. The Morgan fingerprint density at radius 1 is 1.50 bits per heavy atom. The summed E-state index contributed by atoms with van der Waals surface area (Å²) < 4.78 is 11.7. The van der Waals surface area contributed by atoms with E-state index in [9.17, 15) is 19.5 Å². The van der Waals surface area contributed by atoms with E-state index < -0.39 is 35.7 Å². The summed E-state index contributed by atoms with van der Waals surface area (Å²) in [6, 6.07) is 0. The van der Waals surface area contributed by atoms with Gasteiger partial charge in [0.2, 0.25) is 0 Å². The lowest BCUT2D eigenvalue weighted by atomic mass is 10.2. The molecule has 2 heterocycles. The highest BCUT2D eigenvalue weighted by Crippen LogP contribution is 2.29. The number of aromatic amines is 1. The molecule has 3 atom stereocenters. The molecule has 122 valence electrons. The number of ether oxygens (including phenoxy) is 2. The Labute approximate surface area is 125 Å². The molecule has 1 saturated heterocycles. The highest BCUT2D eigenvalue weighted by atomic mass is 16.6. The first-order valence-corrected chi connectivity index (χ1v) is 6.85. The number of esters is 1. The summed E-state index contributed by atoms with van der Waals surface area (Å²) in [5.41, 5.74) is -0.998. The second kappa shape index (κ2) is 6.86. The molecule has 0 saturated carbocycles. The molecule has 1 fully saturated rings. The van der Waals surface area contributed by atoms with Gasteiger partial charge in [-0.05, 0) is 0 Å². The van der Waals surface area contributed by atoms with Gasteiger partial charge in [0.15, 0.2) is 0 Å². The zero-order valence-corrected chi connectivity index (χ0v) is 12.0. The maximum atomic E-state index is 11.9. The Hall–Kier alpha value is -1.97. The molecule has 0 radical (unpaired) electrons. The maximum absolute atomic E-state index is 11.9. The van der Waals surface area contributed by atoms with E-state index in [1.54, 1.807) is 0 Å². The number of nitrogens with one attached hydrogen (secondary N) is 1. The summed E-state index contributed by atoms with van der Waals surface area (Å²) in [6.07, 6.45) is -0.605. The number of hydrogen-bond donors (Lipinski definition) is 3. The fourth-order valence-corrected chi connectivity index (χ4v) is 2.41. The van der Waals surface area contributed by atoms with Gasteiger partial charge in [0.05, 0.1) is 6.61 Å². The second-order valence-electron chi connectivity index (χ2n) is 4.99. The van der Waals surface area contributed by atoms with Gasteiger partial charge in [0, 0.05) is 38.1 Å². The van der Waals surface area contributed by atoms with Crippen LogP contribution in [0.25, 0.3) is 0 Å². The number of aromatic nitrogens is 2. The molecule has 0 aliphatic carbocycles. The van der Waals surface area contributed by atoms with Crippen LogP contribution >= 0.6 is 0 Å². The number of nitrogens with zero attached hydrogens (tertiary/aromatic N) is 1. The number of carbonyl (C=O) groups excluding carboxylic acids is 1. The predicted octanol–water partition coefficient (Wildman–Crippen LogP) is -1.72. The van der Waals surface area contributed by atoms with Gasteiger partial charge >= 0.3 is 11.7 Å². The minimum atomic E-state index is -0.775. The molecule has 1 aromatic heterocycles. The van der Waals surface area contributed by atoms with Crippen LogP contribution < -0.4 is 11.2 Å². The molecule has 3 N–H and O–H groups in total. The van der Waals surface area contributed by atoms with Crippen molar-refractivity contribution in [1.82, 2.24) is 9.55 Å². The molecule has 22 heavy (non-hydrogen) atoms. The maximum Gasteiger partial charge on any atom is 0.330 e. The van der Waals surface area contributed by atoms with Crippen LogP contribution in [0.4, 0.5) is 0 Å². The highest BCUT2D eigenvalue weighted by molar-refractivity contribution is 5.66. The lowest BCUT2D eigenvalue weighted by Crippen LogP contribution is -2.34. The topological polar surface area (TPSA) is 131 Å². The summed E-state index contributed by atoms with van der Waals surface area (Å²) in [6.45, 7) is 0.644. The van der Waals surface area contributed by atoms with E-state index in [1.807, 2.05) is 0 Å². The third-order valence-electron chi connectivity index (χ3n) is 3.41. The zero-order valence-electron chi connectivity index (χ0n) is 12.0. The lowest BCUT2D eigenvalue weighted by Gasteiger charge is -2.15. The van der Waals surface area contributed by atoms with E-state index in [-0.39, 0.29) is 31.6 Å². The highest BCUT2D eigenvalue weighted by Gasteiger charge is 2.38. The van der Waals surface area contributed by atoms with Crippen molar-refractivity contribution in [3.63, 3.8) is 0 Å². The number of aliphatic hydroxyl groups is 2. The van der Waals surface area contributed by atoms with Crippen LogP contribution in [0.3, 0.4) is 0 Å². The molecule has 0 unspecified atom stereocenters. The smallest absolute Gasteiger partial charge is 0.330 e.